The molecule has 0 N–H and O–H groups in total. The van der Waals surface area contributed by atoms with E-state index in [0.717, 1.165) is 5.69 Å². The van der Waals surface area contributed by atoms with E-state index in [1.807, 2.05) is 48.5 Å². The van der Waals surface area contributed by atoms with Crippen LogP contribution in [0.15, 0.2) is 60.7 Å². The van der Waals surface area contributed by atoms with Crippen LogP contribution in [0, 0.1) is 0 Å². The molecule has 2 rings (SSSR count). The number of anilines is 1. The Balaban J connectivity index is 2.06. The van der Waals surface area contributed by atoms with E-state index in [2.05, 4.69) is 0 Å². The molecule has 86 valence electrons. The van der Waals surface area contributed by atoms with Gasteiger partial charge in [0.2, 0.25) is 0 Å². The van der Waals surface area contributed by atoms with Crippen LogP contribution >= 0.6 is 0 Å². The van der Waals surface area contributed by atoms with Gasteiger partial charge >= 0.3 is 6.09 Å². The summed E-state index contributed by atoms with van der Waals surface area (Å²) in [6, 6.07) is 18.4. The summed E-state index contributed by atoms with van der Waals surface area (Å²) in [6.07, 6.45) is -0.401. The van der Waals surface area contributed by atoms with E-state index < -0.39 is 6.09 Å². The highest BCUT2D eigenvalue weighted by atomic mass is 16.6. The summed E-state index contributed by atoms with van der Waals surface area (Å²) < 4.78 is 5.22. The summed E-state index contributed by atoms with van der Waals surface area (Å²) in [5, 5.41) is 0. The number of hydrogen-bond donors (Lipinski definition) is 0. The van der Waals surface area contributed by atoms with E-state index >= 15 is 0 Å². The molecule has 3 heteroatoms. The number of carbonyl (C=O) groups is 1. The van der Waals surface area contributed by atoms with Gasteiger partial charge in [0, 0.05) is 12.7 Å². The zero-order valence-electron chi connectivity index (χ0n) is 9.54. The van der Waals surface area contributed by atoms with Crippen molar-refractivity contribution in [3.05, 3.63) is 60.7 Å². The van der Waals surface area contributed by atoms with Gasteiger partial charge in [-0.25, -0.2) is 4.79 Å². The average Bonchev–Trinajstić information content (AvgIpc) is 2.40. The van der Waals surface area contributed by atoms with E-state index in [1.54, 1.807) is 19.2 Å². The lowest BCUT2D eigenvalue weighted by molar-refractivity contribution is 0.209. The lowest BCUT2D eigenvalue weighted by Crippen LogP contribution is -2.29. The summed E-state index contributed by atoms with van der Waals surface area (Å²) in [5.74, 6) is 0.542. The molecule has 0 aromatic heterocycles. The average molecular weight is 227 g/mol. The zero-order chi connectivity index (χ0) is 12.1. The largest absolute Gasteiger partial charge is 0.419 e. The normalized spacial score (nSPS) is 9.71. The lowest BCUT2D eigenvalue weighted by atomic mass is 10.3. The van der Waals surface area contributed by atoms with Crippen LogP contribution in [0.4, 0.5) is 10.5 Å². The molecule has 0 heterocycles. The van der Waals surface area contributed by atoms with Crippen molar-refractivity contribution in [2.24, 2.45) is 0 Å². The molecule has 0 aliphatic carbocycles. The monoisotopic (exact) mass is 227 g/mol. The van der Waals surface area contributed by atoms with Crippen molar-refractivity contribution in [2.45, 2.75) is 0 Å². The molecule has 0 fully saturated rings. The van der Waals surface area contributed by atoms with Gasteiger partial charge in [-0.15, -0.1) is 0 Å². The van der Waals surface area contributed by atoms with Crippen molar-refractivity contribution in [1.29, 1.82) is 0 Å². The fourth-order valence-electron chi connectivity index (χ4n) is 1.41. The summed E-state index contributed by atoms with van der Waals surface area (Å²) in [7, 11) is 1.68. The second kappa shape index (κ2) is 5.16. The van der Waals surface area contributed by atoms with Crippen LogP contribution in [-0.2, 0) is 0 Å². The van der Waals surface area contributed by atoms with E-state index in [4.69, 9.17) is 4.74 Å². The standard InChI is InChI=1S/C14H13NO2/c1-15(12-8-4-2-5-9-12)14(16)17-13-10-6-3-7-11-13/h2-11H,1H3. The first-order chi connectivity index (χ1) is 8.27. The van der Waals surface area contributed by atoms with Crippen molar-refractivity contribution < 1.29 is 9.53 Å². The first kappa shape index (κ1) is 11.2. The van der Waals surface area contributed by atoms with Gasteiger partial charge in [0.25, 0.3) is 0 Å². The van der Waals surface area contributed by atoms with E-state index in [-0.39, 0.29) is 0 Å². The minimum Gasteiger partial charge on any atom is -0.410 e. The third-order valence-electron chi connectivity index (χ3n) is 2.37. The summed E-state index contributed by atoms with van der Waals surface area (Å²) in [4.78, 5) is 13.3. The second-order valence-corrected chi connectivity index (χ2v) is 3.58. The maximum Gasteiger partial charge on any atom is 0.419 e. The molecule has 0 aliphatic heterocycles. The molecule has 0 unspecified atom stereocenters. The Morgan fingerprint density at radius 3 is 2.06 bits per heavy atom. The highest BCUT2D eigenvalue weighted by Crippen LogP contribution is 2.15. The van der Waals surface area contributed by atoms with Crippen molar-refractivity contribution in [2.75, 3.05) is 11.9 Å². The minimum atomic E-state index is -0.401. The van der Waals surface area contributed by atoms with Crippen molar-refractivity contribution in [1.82, 2.24) is 0 Å². The molecule has 0 radical (unpaired) electrons. The van der Waals surface area contributed by atoms with Gasteiger partial charge < -0.3 is 4.74 Å². The molecule has 0 spiro atoms. The molecule has 1 amide bonds. The number of hydrogen-bond acceptors (Lipinski definition) is 2. The van der Waals surface area contributed by atoms with Crippen LogP contribution in [0.2, 0.25) is 0 Å². The first-order valence-corrected chi connectivity index (χ1v) is 5.33. The highest BCUT2D eigenvalue weighted by molar-refractivity contribution is 5.88. The van der Waals surface area contributed by atoms with Crippen LogP contribution in [0.5, 0.6) is 5.75 Å². The van der Waals surface area contributed by atoms with Gasteiger partial charge in [0.15, 0.2) is 0 Å². The smallest absolute Gasteiger partial charge is 0.410 e. The van der Waals surface area contributed by atoms with Gasteiger partial charge in [0.05, 0.1) is 0 Å². The predicted molar refractivity (Wildman–Crippen MR) is 67.3 cm³/mol. The van der Waals surface area contributed by atoms with Gasteiger partial charge in [-0.3, -0.25) is 4.90 Å². The maximum absolute atomic E-state index is 11.8. The number of ether oxygens (including phenoxy) is 1. The van der Waals surface area contributed by atoms with Crippen LogP contribution in [0.1, 0.15) is 0 Å². The molecule has 3 nitrogen and oxygen atoms in total. The van der Waals surface area contributed by atoms with Gasteiger partial charge in [0.1, 0.15) is 5.75 Å². The fraction of sp³-hybridized carbons (Fsp3) is 0.0714. The van der Waals surface area contributed by atoms with Crippen molar-refractivity contribution >= 4 is 11.8 Å². The molecule has 17 heavy (non-hydrogen) atoms. The van der Waals surface area contributed by atoms with E-state index in [0.29, 0.717) is 5.75 Å². The van der Waals surface area contributed by atoms with Gasteiger partial charge in [-0.05, 0) is 24.3 Å². The van der Waals surface area contributed by atoms with Crippen LogP contribution in [0.25, 0.3) is 0 Å². The number of benzene rings is 2. The van der Waals surface area contributed by atoms with Crippen molar-refractivity contribution in [3.8, 4) is 5.75 Å². The quantitative estimate of drug-likeness (QED) is 0.787. The lowest BCUT2D eigenvalue weighted by Gasteiger charge is -2.16. The van der Waals surface area contributed by atoms with Gasteiger partial charge in [-0.2, -0.15) is 0 Å². The Morgan fingerprint density at radius 1 is 0.941 bits per heavy atom. The number of rotatable bonds is 2. The first-order valence-electron chi connectivity index (χ1n) is 5.33. The number of nitrogens with zero attached hydrogens (tertiary/aromatic N) is 1. The SMILES string of the molecule is CN(C(=O)Oc1ccccc1)c1ccccc1. The third-order valence-corrected chi connectivity index (χ3v) is 2.37. The highest BCUT2D eigenvalue weighted by Gasteiger charge is 2.12. The summed E-state index contributed by atoms with van der Waals surface area (Å²) in [6.45, 7) is 0. The fourth-order valence-corrected chi connectivity index (χ4v) is 1.41. The zero-order valence-corrected chi connectivity index (χ0v) is 9.54. The molecule has 0 saturated heterocycles. The van der Waals surface area contributed by atoms with Crippen LogP contribution in [0.3, 0.4) is 0 Å². The molecule has 0 saturated carbocycles. The number of carbonyl (C=O) groups excluding carboxylic acids is 1. The topological polar surface area (TPSA) is 29.5 Å². The second-order valence-electron chi connectivity index (χ2n) is 3.58. The Bertz CT molecular complexity index is 482. The maximum atomic E-state index is 11.8. The van der Waals surface area contributed by atoms with E-state index in [9.17, 15) is 4.79 Å². The van der Waals surface area contributed by atoms with Crippen molar-refractivity contribution in [3.63, 3.8) is 0 Å². The third kappa shape index (κ3) is 2.84. The summed E-state index contributed by atoms with van der Waals surface area (Å²) in [5.41, 5.74) is 0.799. The Kier molecular flexibility index (Phi) is 3.40. The molecule has 0 atom stereocenters. The molecular weight excluding hydrogens is 214 g/mol. The molecule has 2 aromatic rings. The number of amides is 1. The Labute approximate surface area is 100 Å². The van der Waals surface area contributed by atoms with Gasteiger partial charge in [-0.1, -0.05) is 36.4 Å². The Morgan fingerprint density at radius 2 is 1.47 bits per heavy atom. The molecule has 0 bridgehead atoms. The van der Waals surface area contributed by atoms with Crippen LogP contribution < -0.4 is 9.64 Å². The Hall–Kier alpha value is -2.29. The summed E-state index contributed by atoms with van der Waals surface area (Å²) >= 11 is 0. The number of para-hydroxylation sites is 2. The predicted octanol–water partition coefficient (Wildman–Crippen LogP) is 3.32. The van der Waals surface area contributed by atoms with Crippen LogP contribution in [-0.4, -0.2) is 13.1 Å². The molecular formula is C14H13NO2. The molecule has 0 aliphatic rings. The molecule has 2 aromatic carbocycles. The van der Waals surface area contributed by atoms with E-state index in [1.165, 1.54) is 4.90 Å². The minimum absolute atomic E-state index is 0.401.